The highest BCUT2D eigenvalue weighted by atomic mass is 16.2. The zero-order valence-electron chi connectivity index (χ0n) is 7.55. The van der Waals surface area contributed by atoms with E-state index >= 15 is 0 Å². The Labute approximate surface area is 73.2 Å². The summed E-state index contributed by atoms with van der Waals surface area (Å²) in [5.41, 5.74) is 1.39. The Morgan fingerprint density at radius 1 is 1.50 bits per heavy atom. The van der Waals surface area contributed by atoms with E-state index in [2.05, 4.69) is 13.0 Å². The van der Waals surface area contributed by atoms with Gasteiger partial charge in [0.2, 0.25) is 5.91 Å². The zero-order chi connectivity index (χ0) is 8.55. The number of fused-ring (bicyclic) bond motifs is 1. The summed E-state index contributed by atoms with van der Waals surface area (Å²) >= 11 is 0. The topological polar surface area (TPSA) is 20.3 Å². The summed E-state index contributed by atoms with van der Waals surface area (Å²) in [6, 6.07) is 0.444. The molecular weight excluding hydrogens is 150 g/mol. The van der Waals surface area contributed by atoms with Crippen molar-refractivity contribution in [3.8, 4) is 0 Å². The first-order valence-corrected chi connectivity index (χ1v) is 4.75. The van der Waals surface area contributed by atoms with E-state index < -0.39 is 0 Å². The van der Waals surface area contributed by atoms with Gasteiger partial charge in [0.1, 0.15) is 0 Å². The van der Waals surface area contributed by atoms with Crippen LogP contribution in [0.3, 0.4) is 0 Å². The number of hydrogen-bond acceptors (Lipinski definition) is 1. The summed E-state index contributed by atoms with van der Waals surface area (Å²) in [5.74, 6) is 0.352. The molecule has 2 rings (SSSR count). The van der Waals surface area contributed by atoms with Crippen LogP contribution in [0.15, 0.2) is 11.6 Å². The zero-order valence-corrected chi connectivity index (χ0v) is 7.55. The SMILES string of the molecule is CC1=CCN2C(=O)CCCC[C@@H]12. The van der Waals surface area contributed by atoms with Gasteiger partial charge < -0.3 is 4.90 Å². The highest BCUT2D eigenvalue weighted by Crippen LogP contribution is 2.27. The lowest BCUT2D eigenvalue weighted by Crippen LogP contribution is -2.35. The van der Waals surface area contributed by atoms with Gasteiger partial charge in [0.25, 0.3) is 0 Å². The molecule has 0 bridgehead atoms. The molecule has 0 spiro atoms. The second-order valence-electron chi connectivity index (χ2n) is 3.76. The van der Waals surface area contributed by atoms with Crippen LogP contribution in [0.1, 0.15) is 32.6 Å². The summed E-state index contributed by atoms with van der Waals surface area (Å²) in [6.07, 6.45) is 6.41. The van der Waals surface area contributed by atoms with E-state index in [-0.39, 0.29) is 0 Å². The van der Waals surface area contributed by atoms with Gasteiger partial charge in [-0.05, 0) is 19.8 Å². The van der Waals surface area contributed by atoms with Gasteiger partial charge in [-0.2, -0.15) is 0 Å². The van der Waals surface area contributed by atoms with Crippen molar-refractivity contribution in [2.45, 2.75) is 38.6 Å². The number of hydrogen-bond donors (Lipinski definition) is 0. The normalized spacial score (nSPS) is 29.8. The molecule has 1 amide bonds. The van der Waals surface area contributed by atoms with Gasteiger partial charge in [-0.15, -0.1) is 0 Å². The minimum Gasteiger partial charge on any atom is -0.332 e. The van der Waals surface area contributed by atoms with E-state index in [9.17, 15) is 4.79 Å². The van der Waals surface area contributed by atoms with Crippen molar-refractivity contribution < 1.29 is 4.79 Å². The van der Waals surface area contributed by atoms with E-state index in [1.807, 2.05) is 4.90 Å². The second-order valence-corrected chi connectivity index (χ2v) is 3.76. The van der Waals surface area contributed by atoms with Crippen LogP contribution in [-0.2, 0) is 4.79 Å². The van der Waals surface area contributed by atoms with Crippen LogP contribution < -0.4 is 0 Å². The summed E-state index contributed by atoms with van der Waals surface area (Å²) in [4.78, 5) is 13.6. The molecule has 2 aliphatic rings. The number of carbonyl (C=O) groups is 1. The Morgan fingerprint density at radius 3 is 3.17 bits per heavy atom. The smallest absolute Gasteiger partial charge is 0.223 e. The molecule has 0 aromatic heterocycles. The van der Waals surface area contributed by atoms with Crippen molar-refractivity contribution >= 4 is 5.91 Å². The molecule has 2 heterocycles. The Bertz CT molecular complexity index is 232. The molecule has 0 aliphatic carbocycles. The Hall–Kier alpha value is -0.790. The largest absolute Gasteiger partial charge is 0.332 e. The van der Waals surface area contributed by atoms with Crippen LogP contribution in [0.4, 0.5) is 0 Å². The van der Waals surface area contributed by atoms with Crippen molar-refractivity contribution in [2.24, 2.45) is 0 Å². The van der Waals surface area contributed by atoms with Gasteiger partial charge in [-0.1, -0.05) is 18.1 Å². The van der Waals surface area contributed by atoms with Crippen molar-refractivity contribution in [1.29, 1.82) is 0 Å². The maximum absolute atomic E-state index is 11.5. The van der Waals surface area contributed by atoms with Gasteiger partial charge in [0, 0.05) is 13.0 Å². The fourth-order valence-electron chi connectivity index (χ4n) is 2.17. The predicted octanol–water partition coefficient (Wildman–Crippen LogP) is 1.72. The summed E-state index contributed by atoms with van der Waals surface area (Å²) in [5, 5.41) is 0. The molecule has 12 heavy (non-hydrogen) atoms. The first-order valence-electron chi connectivity index (χ1n) is 4.75. The van der Waals surface area contributed by atoms with Gasteiger partial charge >= 0.3 is 0 Å². The molecular formula is C10H15NO. The van der Waals surface area contributed by atoms with Crippen LogP contribution >= 0.6 is 0 Å². The molecule has 1 fully saturated rings. The monoisotopic (exact) mass is 165 g/mol. The molecule has 0 aromatic carbocycles. The molecule has 2 nitrogen and oxygen atoms in total. The maximum atomic E-state index is 11.5. The Morgan fingerprint density at radius 2 is 2.33 bits per heavy atom. The molecule has 2 aliphatic heterocycles. The average Bonchev–Trinajstić information content (AvgIpc) is 2.30. The van der Waals surface area contributed by atoms with Gasteiger partial charge in [0.05, 0.1) is 6.04 Å². The van der Waals surface area contributed by atoms with Crippen molar-refractivity contribution in [3.63, 3.8) is 0 Å². The van der Waals surface area contributed by atoms with Crippen LogP contribution in [0.5, 0.6) is 0 Å². The van der Waals surface area contributed by atoms with Crippen LogP contribution in [-0.4, -0.2) is 23.4 Å². The molecule has 0 aromatic rings. The van der Waals surface area contributed by atoms with Crippen LogP contribution in [0.25, 0.3) is 0 Å². The van der Waals surface area contributed by atoms with Crippen molar-refractivity contribution in [2.75, 3.05) is 6.54 Å². The molecule has 1 atom stereocenters. The molecule has 66 valence electrons. The second kappa shape index (κ2) is 2.92. The maximum Gasteiger partial charge on any atom is 0.223 e. The molecule has 2 heteroatoms. The van der Waals surface area contributed by atoms with E-state index in [0.29, 0.717) is 11.9 Å². The van der Waals surface area contributed by atoms with E-state index in [1.54, 1.807) is 0 Å². The molecule has 0 radical (unpaired) electrons. The molecule has 0 saturated carbocycles. The number of rotatable bonds is 0. The third-order valence-electron chi connectivity index (χ3n) is 2.95. The van der Waals surface area contributed by atoms with Crippen LogP contribution in [0.2, 0.25) is 0 Å². The standard InChI is InChI=1S/C10H15NO/c1-8-6-7-11-9(8)4-2-3-5-10(11)12/h6,9H,2-5,7H2,1H3/t9-/m0/s1. The summed E-state index contributed by atoms with van der Waals surface area (Å²) in [7, 11) is 0. The van der Waals surface area contributed by atoms with Gasteiger partial charge in [-0.3, -0.25) is 4.79 Å². The first kappa shape index (κ1) is 7.84. The Kier molecular flexibility index (Phi) is 1.91. The average molecular weight is 165 g/mol. The highest BCUT2D eigenvalue weighted by molar-refractivity contribution is 5.78. The predicted molar refractivity (Wildman–Crippen MR) is 47.7 cm³/mol. The lowest BCUT2D eigenvalue weighted by atomic mass is 10.1. The van der Waals surface area contributed by atoms with Gasteiger partial charge in [0.15, 0.2) is 0 Å². The van der Waals surface area contributed by atoms with E-state index in [0.717, 1.165) is 19.4 Å². The van der Waals surface area contributed by atoms with Crippen LogP contribution in [0, 0.1) is 0 Å². The molecule has 1 saturated heterocycles. The van der Waals surface area contributed by atoms with Crippen molar-refractivity contribution in [1.82, 2.24) is 4.90 Å². The van der Waals surface area contributed by atoms with Crippen molar-refractivity contribution in [3.05, 3.63) is 11.6 Å². The fraction of sp³-hybridized carbons (Fsp3) is 0.700. The van der Waals surface area contributed by atoms with E-state index in [1.165, 1.54) is 18.4 Å². The molecule has 0 N–H and O–H groups in total. The minimum atomic E-state index is 0.352. The number of nitrogens with zero attached hydrogens (tertiary/aromatic N) is 1. The fourth-order valence-corrected chi connectivity index (χ4v) is 2.17. The molecule has 0 unspecified atom stereocenters. The third-order valence-corrected chi connectivity index (χ3v) is 2.95. The highest BCUT2D eigenvalue weighted by Gasteiger charge is 2.29. The minimum absolute atomic E-state index is 0.352. The van der Waals surface area contributed by atoms with E-state index in [4.69, 9.17) is 0 Å². The lowest BCUT2D eigenvalue weighted by Gasteiger charge is -2.23. The quantitative estimate of drug-likeness (QED) is 0.500. The van der Waals surface area contributed by atoms with Gasteiger partial charge in [-0.25, -0.2) is 0 Å². The number of amides is 1. The lowest BCUT2D eigenvalue weighted by molar-refractivity contribution is -0.131. The Balaban J connectivity index is 2.17. The summed E-state index contributed by atoms with van der Waals surface area (Å²) in [6.45, 7) is 3.00. The first-order chi connectivity index (χ1) is 5.79. The third kappa shape index (κ3) is 1.15. The number of carbonyl (C=O) groups excluding carboxylic acids is 1. The summed E-state index contributed by atoms with van der Waals surface area (Å²) < 4.78 is 0.